The zero-order valence-electron chi connectivity index (χ0n) is 13.4. The maximum absolute atomic E-state index is 12.3. The Morgan fingerprint density at radius 1 is 1.12 bits per heavy atom. The number of hydrogen-bond donors (Lipinski definition) is 1. The molecule has 1 aliphatic heterocycles. The van der Waals surface area contributed by atoms with Crippen LogP contribution in [0.3, 0.4) is 0 Å². The third-order valence-corrected chi connectivity index (χ3v) is 4.91. The lowest BCUT2D eigenvalue weighted by molar-refractivity contribution is 0.0643. The van der Waals surface area contributed by atoms with E-state index in [1.807, 2.05) is 22.4 Å². The van der Waals surface area contributed by atoms with E-state index in [4.69, 9.17) is 0 Å². The average molecular weight is 344 g/mol. The largest absolute Gasteiger partial charge is 0.351 e. The number of carbonyl (C=O) groups is 2. The fourth-order valence-electron chi connectivity index (χ4n) is 2.66. The zero-order chi connectivity index (χ0) is 16.8. The number of amides is 2. The molecule has 2 amide bonds. The van der Waals surface area contributed by atoms with Gasteiger partial charge in [0.15, 0.2) is 0 Å². The van der Waals surface area contributed by atoms with Gasteiger partial charge in [-0.05, 0) is 23.6 Å². The Kier molecular flexibility index (Phi) is 5.55. The second-order valence-electron chi connectivity index (χ2n) is 5.60. The van der Waals surface area contributed by atoms with Crippen LogP contribution >= 0.6 is 11.3 Å². The van der Waals surface area contributed by atoms with Crippen molar-refractivity contribution in [2.24, 2.45) is 0 Å². The highest BCUT2D eigenvalue weighted by atomic mass is 32.1. The van der Waals surface area contributed by atoms with Crippen molar-refractivity contribution in [3.8, 4) is 0 Å². The topological polar surface area (TPSA) is 65.5 Å². The van der Waals surface area contributed by atoms with Crippen molar-refractivity contribution < 1.29 is 9.59 Å². The first-order valence-electron chi connectivity index (χ1n) is 7.97. The number of nitrogens with one attached hydrogen (secondary N) is 1. The van der Waals surface area contributed by atoms with E-state index in [2.05, 4.69) is 15.2 Å². The average Bonchev–Trinajstić information content (AvgIpc) is 3.17. The summed E-state index contributed by atoms with van der Waals surface area (Å²) in [6.45, 7) is 4.52. The van der Waals surface area contributed by atoms with Crippen molar-refractivity contribution in [2.45, 2.75) is 0 Å². The summed E-state index contributed by atoms with van der Waals surface area (Å²) in [5, 5.41) is 4.84. The van der Waals surface area contributed by atoms with Crippen LogP contribution in [-0.4, -0.2) is 65.9 Å². The Balaban J connectivity index is 1.38. The van der Waals surface area contributed by atoms with Crippen LogP contribution in [0, 0.1) is 0 Å². The molecule has 2 aromatic heterocycles. The maximum Gasteiger partial charge on any atom is 0.264 e. The number of nitrogens with zero attached hydrogens (tertiary/aromatic N) is 3. The fraction of sp³-hybridized carbons (Fsp3) is 0.353. The van der Waals surface area contributed by atoms with Gasteiger partial charge in [0, 0.05) is 57.2 Å². The van der Waals surface area contributed by atoms with Gasteiger partial charge in [-0.2, -0.15) is 0 Å². The molecule has 0 radical (unpaired) electrons. The normalized spacial score (nSPS) is 15.2. The molecule has 0 aromatic carbocycles. The molecule has 1 fully saturated rings. The number of aromatic nitrogens is 1. The number of pyridine rings is 1. The van der Waals surface area contributed by atoms with Crippen LogP contribution in [0.1, 0.15) is 20.0 Å². The number of carbonyl (C=O) groups excluding carboxylic acids is 2. The molecule has 0 saturated carbocycles. The van der Waals surface area contributed by atoms with Gasteiger partial charge in [0.1, 0.15) is 0 Å². The van der Waals surface area contributed by atoms with E-state index < -0.39 is 0 Å². The van der Waals surface area contributed by atoms with Crippen molar-refractivity contribution in [1.29, 1.82) is 0 Å². The van der Waals surface area contributed by atoms with E-state index in [0.29, 0.717) is 12.1 Å². The number of rotatable bonds is 5. The molecule has 0 unspecified atom stereocenters. The first kappa shape index (κ1) is 16.6. The molecule has 0 bridgehead atoms. The monoisotopic (exact) mass is 344 g/mol. The number of hydrogen-bond acceptors (Lipinski definition) is 5. The molecule has 126 valence electrons. The van der Waals surface area contributed by atoms with Crippen molar-refractivity contribution in [3.63, 3.8) is 0 Å². The van der Waals surface area contributed by atoms with Gasteiger partial charge >= 0.3 is 0 Å². The molecular formula is C17H20N4O2S. The van der Waals surface area contributed by atoms with Gasteiger partial charge in [-0.15, -0.1) is 11.3 Å². The van der Waals surface area contributed by atoms with Gasteiger partial charge in [-0.25, -0.2) is 0 Å². The molecule has 7 heteroatoms. The van der Waals surface area contributed by atoms with Crippen molar-refractivity contribution in [3.05, 3.63) is 52.5 Å². The summed E-state index contributed by atoms with van der Waals surface area (Å²) >= 11 is 1.48. The van der Waals surface area contributed by atoms with Crippen LogP contribution in [0.2, 0.25) is 0 Å². The third-order valence-electron chi connectivity index (χ3n) is 4.05. The van der Waals surface area contributed by atoms with Gasteiger partial charge in [0.05, 0.1) is 4.88 Å². The Bertz CT molecular complexity index is 667. The minimum absolute atomic E-state index is 0.0797. The summed E-state index contributed by atoms with van der Waals surface area (Å²) in [5.74, 6) is 0.0412. The zero-order valence-corrected chi connectivity index (χ0v) is 14.2. The van der Waals surface area contributed by atoms with E-state index in [-0.39, 0.29) is 11.8 Å². The van der Waals surface area contributed by atoms with Gasteiger partial charge in [0.2, 0.25) is 0 Å². The summed E-state index contributed by atoms with van der Waals surface area (Å²) in [7, 11) is 0. The Morgan fingerprint density at radius 3 is 2.54 bits per heavy atom. The van der Waals surface area contributed by atoms with Gasteiger partial charge < -0.3 is 10.2 Å². The summed E-state index contributed by atoms with van der Waals surface area (Å²) in [4.78, 5) is 33.1. The fourth-order valence-corrected chi connectivity index (χ4v) is 3.35. The SMILES string of the molecule is O=C(NCCN1CCN(C(=O)c2cccs2)CC1)c1ccncc1. The van der Waals surface area contributed by atoms with Crippen molar-refractivity contribution in [2.75, 3.05) is 39.3 Å². The molecule has 0 aliphatic carbocycles. The molecule has 0 spiro atoms. The van der Waals surface area contributed by atoms with E-state index >= 15 is 0 Å². The van der Waals surface area contributed by atoms with E-state index in [1.54, 1.807) is 24.5 Å². The van der Waals surface area contributed by atoms with Crippen LogP contribution in [0.5, 0.6) is 0 Å². The Labute approximate surface area is 145 Å². The molecule has 0 atom stereocenters. The number of thiophene rings is 1. The van der Waals surface area contributed by atoms with E-state index in [9.17, 15) is 9.59 Å². The molecule has 3 rings (SSSR count). The van der Waals surface area contributed by atoms with Crippen molar-refractivity contribution >= 4 is 23.2 Å². The predicted molar refractivity (Wildman–Crippen MR) is 93.2 cm³/mol. The first-order chi connectivity index (χ1) is 11.7. The molecular weight excluding hydrogens is 324 g/mol. The van der Waals surface area contributed by atoms with E-state index in [0.717, 1.165) is 37.6 Å². The van der Waals surface area contributed by atoms with Gasteiger partial charge in [-0.3, -0.25) is 19.5 Å². The summed E-state index contributed by atoms with van der Waals surface area (Å²) in [6, 6.07) is 7.17. The molecule has 6 nitrogen and oxygen atoms in total. The second kappa shape index (κ2) is 8.03. The minimum atomic E-state index is -0.0797. The highest BCUT2D eigenvalue weighted by Crippen LogP contribution is 2.13. The smallest absolute Gasteiger partial charge is 0.264 e. The van der Waals surface area contributed by atoms with E-state index in [1.165, 1.54) is 11.3 Å². The standard InChI is InChI=1S/C17H20N4O2S/c22-16(14-3-5-18-6-4-14)19-7-8-20-9-11-21(12-10-20)17(23)15-2-1-13-24-15/h1-6,13H,7-12H2,(H,19,22). The predicted octanol–water partition coefficient (Wildman–Crippen LogP) is 1.33. The highest BCUT2D eigenvalue weighted by molar-refractivity contribution is 7.12. The maximum atomic E-state index is 12.3. The third kappa shape index (κ3) is 4.18. The highest BCUT2D eigenvalue weighted by Gasteiger charge is 2.22. The lowest BCUT2D eigenvalue weighted by atomic mass is 10.2. The van der Waals surface area contributed by atoms with Crippen LogP contribution in [0.4, 0.5) is 0 Å². The Hall–Kier alpha value is -2.25. The first-order valence-corrected chi connectivity index (χ1v) is 8.85. The summed E-state index contributed by atoms with van der Waals surface area (Å²) in [6.07, 6.45) is 3.22. The van der Waals surface area contributed by atoms with Crippen LogP contribution < -0.4 is 5.32 Å². The molecule has 1 aliphatic rings. The summed E-state index contributed by atoms with van der Waals surface area (Å²) in [5.41, 5.74) is 0.622. The lowest BCUT2D eigenvalue weighted by Crippen LogP contribution is -2.50. The molecule has 24 heavy (non-hydrogen) atoms. The van der Waals surface area contributed by atoms with Crippen molar-refractivity contribution in [1.82, 2.24) is 20.1 Å². The van der Waals surface area contributed by atoms with Crippen LogP contribution in [0.15, 0.2) is 42.0 Å². The quantitative estimate of drug-likeness (QED) is 0.889. The molecule has 1 N–H and O–H groups in total. The number of piperazine rings is 1. The second-order valence-corrected chi connectivity index (χ2v) is 6.55. The van der Waals surface area contributed by atoms with Gasteiger partial charge in [0.25, 0.3) is 11.8 Å². The molecule has 1 saturated heterocycles. The summed E-state index contributed by atoms with van der Waals surface area (Å²) < 4.78 is 0. The minimum Gasteiger partial charge on any atom is -0.351 e. The Morgan fingerprint density at radius 2 is 1.88 bits per heavy atom. The molecule has 2 aromatic rings. The van der Waals surface area contributed by atoms with Crippen LogP contribution in [-0.2, 0) is 0 Å². The van der Waals surface area contributed by atoms with Gasteiger partial charge in [-0.1, -0.05) is 6.07 Å². The van der Waals surface area contributed by atoms with Crippen LogP contribution in [0.25, 0.3) is 0 Å². The lowest BCUT2D eigenvalue weighted by Gasteiger charge is -2.34. The molecule has 3 heterocycles.